The molecule has 0 atom stereocenters. The lowest BCUT2D eigenvalue weighted by molar-refractivity contribution is -0.113. The fourth-order valence-corrected chi connectivity index (χ4v) is 0.709. The zero-order valence-corrected chi connectivity index (χ0v) is 5.98. The molecule has 9 heavy (non-hydrogen) atoms. The van der Waals surface area contributed by atoms with Gasteiger partial charge in [-0.05, 0) is 13.3 Å². The molecule has 0 bridgehead atoms. The summed E-state index contributed by atoms with van der Waals surface area (Å²) in [4.78, 5) is 10.2. The van der Waals surface area contributed by atoms with Crippen molar-refractivity contribution in [3.8, 4) is 0 Å². The van der Waals surface area contributed by atoms with Gasteiger partial charge in [0.15, 0.2) is 0 Å². The molecule has 0 heterocycles. The number of rotatable bonds is 3. The van der Waals surface area contributed by atoms with E-state index in [1.165, 1.54) is 6.08 Å². The Morgan fingerprint density at radius 2 is 2.22 bits per heavy atom. The highest BCUT2D eigenvalue weighted by Crippen LogP contribution is 2.00. The molecule has 0 saturated carbocycles. The van der Waals surface area contributed by atoms with Gasteiger partial charge in [-0.1, -0.05) is 18.9 Å². The number of primary amides is 1. The Labute approximate surface area is 55.7 Å². The van der Waals surface area contributed by atoms with E-state index in [0.29, 0.717) is 0 Å². The lowest BCUT2D eigenvalue weighted by Gasteiger charge is -1.92. The molecule has 0 aliphatic rings. The Morgan fingerprint density at radius 1 is 1.67 bits per heavy atom. The van der Waals surface area contributed by atoms with Gasteiger partial charge in [-0.2, -0.15) is 0 Å². The van der Waals surface area contributed by atoms with Gasteiger partial charge in [-0.25, -0.2) is 0 Å². The molecular weight excluding hydrogens is 114 g/mol. The van der Waals surface area contributed by atoms with E-state index in [0.717, 1.165) is 18.4 Å². The second-order valence-electron chi connectivity index (χ2n) is 2.14. The maximum Gasteiger partial charge on any atom is 0.241 e. The van der Waals surface area contributed by atoms with E-state index >= 15 is 0 Å². The van der Waals surface area contributed by atoms with Crippen LogP contribution in [0, 0.1) is 0 Å². The van der Waals surface area contributed by atoms with Crippen LogP contribution in [0.3, 0.4) is 0 Å². The topological polar surface area (TPSA) is 43.1 Å². The molecule has 2 heteroatoms. The molecule has 0 aromatic rings. The first-order valence-corrected chi connectivity index (χ1v) is 3.13. The minimum absolute atomic E-state index is 0.346. The highest BCUT2D eigenvalue weighted by molar-refractivity contribution is 5.86. The summed E-state index contributed by atoms with van der Waals surface area (Å²) in [6, 6.07) is 0. The monoisotopic (exact) mass is 127 g/mol. The van der Waals surface area contributed by atoms with Crippen molar-refractivity contribution in [1.29, 1.82) is 0 Å². The predicted octanol–water partition coefficient (Wildman–Crippen LogP) is 1.22. The third-order valence-corrected chi connectivity index (χ3v) is 1.03. The van der Waals surface area contributed by atoms with Crippen LogP contribution in [0.2, 0.25) is 0 Å². The van der Waals surface area contributed by atoms with E-state index in [1.807, 2.05) is 6.92 Å². The van der Waals surface area contributed by atoms with Gasteiger partial charge in [0.05, 0.1) is 0 Å². The Kier molecular flexibility index (Phi) is 3.76. The molecular formula is C7H13NO. The molecule has 0 aromatic carbocycles. The van der Waals surface area contributed by atoms with E-state index in [4.69, 9.17) is 5.73 Å². The van der Waals surface area contributed by atoms with E-state index in [-0.39, 0.29) is 5.91 Å². The van der Waals surface area contributed by atoms with Gasteiger partial charge in [0.1, 0.15) is 0 Å². The highest BCUT2D eigenvalue weighted by atomic mass is 16.1. The van der Waals surface area contributed by atoms with Gasteiger partial charge in [-0.15, -0.1) is 0 Å². The lowest BCUT2D eigenvalue weighted by atomic mass is 10.2. The summed E-state index contributed by atoms with van der Waals surface area (Å²) >= 11 is 0. The maximum atomic E-state index is 10.2. The van der Waals surface area contributed by atoms with Crippen LogP contribution < -0.4 is 5.73 Å². The number of allylic oxidation sites excluding steroid dienone is 1. The van der Waals surface area contributed by atoms with Crippen LogP contribution in [0.25, 0.3) is 0 Å². The number of amides is 1. The van der Waals surface area contributed by atoms with Gasteiger partial charge in [0.2, 0.25) is 5.91 Å². The third-order valence-electron chi connectivity index (χ3n) is 1.03. The predicted molar refractivity (Wildman–Crippen MR) is 37.9 cm³/mol. The van der Waals surface area contributed by atoms with Crippen molar-refractivity contribution in [2.45, 2.75) is 26.7 Å². The highest BCUT2D eigenvalue weighted by Gasteiger charge is 1.88. The van der Waals surface area contributed by atoms with Crippen LogP contribution in [-0.2, 0) is 4.79 Å². The van der Waals surface area contributed by atoms with Crippen LogP contribution in [-0.4, -0.2) is 5.91 Å². The quantitative estimate of drug-likeness (QED) is 0.569. The molecule has 0 unspecified atom stereocenters. The van der Waals surface area contributed by atoms with Crippen LogP contribution >= 0.6 is 0 Å². The first-order chi connectivity index (χ1) is 4.16. The SMILES string of the molecule is CCCC(C)=CC(N)=O. The number of nitrogens with two attached hydrogens (primary N) is 1. The second kappa shape index (κ2) is 4.13. The smallest absolute Gasteiger partial charge is 0.241 e. The molecule has 1 amide bonds. The average molecular weight is 127 g/mol. The Balaban J connectivity index is 3.69. The standard InChI is InChI=1S/C7H13NO/c1-3-4-6(2)5-7(8)9/h5H,3-4H2,1-2H3,(H2,8,9). The Bertz CT molecular complexity index is 127. The van der Waals surface area contributed by atoms with Crippen molar-refractivity contribution in [2.24, 2.45) is 5.73 Å². The maximum absolute atomic E-state index is 10.2. The summed E-state index contributed by atoms with van der Waals surface area (Å²) in [6.07, 6.45) is 3.50. The van der Waals surface area contributed by atoms with Gasteiger partial charge in [-0.3, -0.25) is 4.79 Å². The van der Waals surface area contributed by atoms with Crippen LogP contribution in [0.5, 0.6) is 0 Å². The zero-order valence-electron chi connectivity index (χ0n) is 5.98. The lowest BCUT2D eigenvalue weighted by Crippen LogP contribution is -2.06. The first kappa shape index (κ1) is 8.21. The van der Waals surface area contributed by atoms with Crippen molar-refractivity contribution in [3.05, 3.63) is 11.6 Å². The Hall–Kier alpha value is -0.790. The molecule has 0 radical (unpaired) electrons. The Morgan fingerprint density at radius 3 is 2.56 bits per heavy atom. The molecule has 52 valence electrons. The molecule has 0 aromatic heterocycles. The summed E-state index contributed by atoms with van der Waals surface area (Å²) in [6.45, 7) is 3.98. The van der Waals surface area contributed by atoms with Gasteiger partial charge in [0, 0.05) is 6.08 Å². The van der Waals surface area contributed by atoms with Gasteiger partial charge < -0.3 is 5.73 Å². The van der Waals surface area contributed by atoms with Crippen molar-refractivity contribution in [3.63, 3.8) is 0 Å². The zero-order chi connectivity index (χ0) is 7.28. The first-order valence-electron chi connectivity index (χ1n) is 3.13. The summed E-state index contributed by atoms with van der Waals surface area (Å²) < 4.78 is 0. The van der Waals surface area contributed by atoms with Crippen molar-refractivity contribution in [1.82, 2.24) is 0 Å². The van der Waals surface area contributed by atoms with E-state index in [9.17, 15) is 4.79 Å². The van der Waals surface area contributed by atoms with Crippen molar-refractivity contribution >= 4 is 5.91 Å². The number of carbonyl (C=O) groups excluding carboxylic acids is 1. The van der Waals surface area contributed by atoms with Crippen molar-refractivity contribution in [2.75, 3.05) is 0 Å². The second-order valence-corrected chi connectivity index (χ2v) is 2.14. The van der Waals surface area contributed by atoms with Crippen LogP contribution in [0.15, 0.2) is 11.6 Å². The summed E-state index contributed by atoms with van der Waals surface area (Å²) in [7, 11) is 0. The number of carbonyl (C=O) groups is 1. The van der Waals surface area contributed by atoms with Crippen LogP contribution in [0.1, 0.15) is 26.7 Å². The number of hydrogen-bond donors (Lipinski definition) is 1. The van der Waals surface area contributed by atoms with Gasteiger partial charge in [0.25, 0.3) is 0 Å². The van der Waals surface area contributed by atoms with E-state index < -0.39 is 0 Å². The fourth-order valence-electron chi connectivity index (χ4n) is 0.709. The minimum atomic E-state index is -0.346. The minimum Gasteiger partial charge on any atom is -0.366 e. The summed E-state index contributed by atoms with van der Waals surface area (Å²) in [5.74, 6) is -0.346. The van der Waals surface area contributed by atoms with Crippen molar-refractivity contribution < 1.29 is 4.79 Å². The molecule has 0 aliphatic heterocycles. The molecule has 0 aliphatic carbocycles. The largest absolute Gasteiger partial charge is 0.366 e. The average Bonchev–Trinajstić information content (AvgIpc) is 1.63. The summed E-state index contributed by atoms with van der Waals surface area (Å²) in [5.41, 5.74) is 5.97. The third kappa shape index (κ3) is 5.07. The molecule has 2 N–H and O–H groups in total. The molecule has 0 fully saturated rings. The van der Waals surface area contributed by atoms with E-state index in [2.05, 4.69) is 6.92 Å². The molecule has 0 saturated heterocycles. The molecule has 2 nitrogen and oxygen atoms in total. The number of hydrogen-bond acceptors (Lipinski definition) is 1. The van der Waals surface area contributed by atoms with Gasteiger partial charge >= 0.3 is 0 Å². The summed E-state index contributed by atoms with van der Waals surface area (Å²) in [5, 5.41) is 0. The van der Waals surface area contributed by atoms with E-state index in [1.54, 1.807) is 0 Å². The van der Waals surface area contributed by atoms with Crippen LogP contribution in [0.4, 0.5) is 0 Å². The molecule has 0 spiro atoms. The normalized spacial score (nSPS) is 11.6. The molecule has 0 rings (SSSR count). The fraction of sp³-hybridized carbons (Fsp3) is 0.571.